The first-order chi connectivity index (χ1) is 10.1. The summed E-state index contributed by atoms with van der Waals surface area (Å²) in [5, 5.41) is 6.08. The zero-order chi connectivity index (χ0) is 15.1. The topological polar surface area (TPSA) is 54.3 Å². The predicted molar refractivity (Wildman–Crippen MR) is 83.9 cm³/mol. The Morgan fingerprint density at radius 3 is 2.57 bits per heavy atom. The summed E-state index contributed by atoms with van der Waals surface area (Å²) in [7, 11) is 0. The molecule has 0 radical (unpaired) electrons. The first-order valence-electron chi connectivity index (χ1n) is 7.26. The molecule has 0 bridgehead atoms. The van der Waals surface area contributed by atoms with Crippen LogP contribution in [0, 0.1) is 6.92 Å². The Hall–Kier alpha value is -2.07. The Balaban J connectivity index is 1.76. The molecule has 0 aliphatic rings. The van der Waals surface area contributed by atoms with Gasteiger partial charge in [-0.15, -0.1) is 0 Å². The van der Waals surface area contributed by atoms with E-state index in [1.807, 2.05) is 12.1 Å². The number of carbonyl (C=O) groups is 1. The summed E-state index contributed by atoms with van der Waals surface area (Å²) in [6, 6.07) is 12.3. The van der Waals surface area contributed by atoms with Crippen LogP contribution in [0.3, 0.4) is 0 Å². The summed E-state index contributed by atoms with van der Waals surface area (Å²) in [5.41, 5.74) is 2.34. The second-order valence-electron chi connectivity index (χ2n) is 5.15. The Morgan fingerprint density at radius 2 is 1.86 bits per heavy atom. The average molecular weight is 286 g/mol. The maximum Gasteiger partial charge on any atom is 0.216 e. The summed E-state index contributed by atoms with van der Waals surface area (Å²) in [6.45, 7) is 5.85. The van der Waals surface area contributed by atoms with Crippen molar-refractivity contribution in [1.82, 2.24) is 10.6 Å². The molecule has 1 heterocycles. The van der Waals surface area contributed by atoms with Crippen molar-refractivity contribution in [1.29, 1.82) is 0 Å². The van der Waals surface area contributed by atoms with Crippen LogP contribution in [0.2, 0.25) is 0 Å². The van der Waals surface area contributed by atoms with E-state index in [0.29, 0.717) is 13.1 Å². The maximum atomic E-state index is 10.7. The van der Waals surface area contributed by atoms with Crippen LogP contribution in [0.4, 0.5) is 0 Å². The van der Waals surface area contributed by atoms with Crippen LogP contribution in [0.5, 0.6) is 0 Å². The molecule has 0 spiro atoms. The fourth-order valence-electron chi connectivity index (χ4n) is 2.04. The highest BCUT2D eigenvalue weighted by atomic mass is 16.3. The highest BCUT2D eigenvalue weighted by Gasteiger charge is 2.04. The highest BCUT2D eigenvalue weighted by molar-refractivity contribution is 5.72. The molecular weight excluding hydrogens is 264 g/mol. The minimum absolute atomic E-state index is 0.0174. The van der Waals surface area contributed by atoms with Gasteiger partial charge in [0, 0.05) is 19.0 Å². The number of aryl methyl sites for hydroxylation is 1. The van der Waals surface area contributed by atoms with Gasteiger partial charge in [-0.25, -0.2) is 0 Å². The molecule has 1 aromatic carbocycles. The van der Waals surface area contributed by atoms with E-state index >= 15 is 0 Å². The van der Waals surface area contributed by atoms with E-state index in [9.17, 15) is 4.79 Å². The molecule has 1 aromatic heterocycles. The van der Waals surface area contributed by atoms with Gasteiger partial charge in [0.25, 0.3) is 0 Å². The first kappa shape index (κ1) is 15.3. The van der Waals surface area contributed by atoms with E-state index in [-0.39, 0.29) is 5.91 Å². The van der Waals surface area contributed by atoms with Crippen molar-refractivity contribution in [2.45, 2.75) is 26.8 Å². The summed E-state index contributed by atoms with van der Waals surface area (Å²) in [4.78, 5) is 10.7. The van der Waals surface area contributed by atoms with Gasteiger partial charge in [0.1, 0.15) is 11.5 Å². The van der Waals surface area contributed by atoms with E-state index in [0.717, 1.165) is 30.0 Å². The lowest BCUT2D eigenvalue weighted by atomic mass is 10.1. The van der Waals surface area contributed by atoms with Crippen molar-refractivity contribution in [3.63, 3.8) is 0 Å². The molecule has 0 atom stereocenters. The minimum Gasteiger partial charge on any atom is -0.460 e. The molecule has 2 N–H and O–H groups in total. The third kappa shape index (κ3) is 5.08. The Kier molecular flexibility index (Phi) is 5.58. The predicted octanol–water partition coefficient (Wildman–Crippen LogP) is 2.87. The monoisotopic (exact) mass is 286 g/mol. The van der Waals surface area contributed by atoms with E-state index in [4.69, 9.17) is 4.42 Å². The number of amides is 1. The van der Waals surface area contributed by atoms with Crippen molar-refractivity contribution in [2.24, 2.45) is 0 Å². The normalized spacial score (nSPS) is 10.6. The fourth-order valence-corrected chi connectivity index (χ4v) is 2.04. The van der Waals surface area contributed by atoms with E-state index in [1.165, 1.54) is 12.5 Å². The molecule has 4 nitrogen and oxygen atoms in total. The zero-order valence-electron chi connectivity index (χ0n) is 12.6. The molecule has 0 aliphatic carbocycles. The molecule has 21 heavy (non-hydrogen) atoms. The Bertz CT molecular complexity index is 573. The van der Waals surface area contributed by atoms with Crippen molar-refractivity contribution in [3.8, 4) is 11.3 Å². The fraction of sp³-hybridized carbons (Fsp3) is 0.353. The van der Waals surface area contributed by atoms with Gasteiger partial charge in [0.05, 0.1) is 6.54 Å². The van der Waals surface area contributed by atoms with Crippen molar-refractivity contribution >= 4 is 5.91 Å². The second-order valence-corrected chi connectivity index (χ2v) is 5.15. The van der Waals surface area contributed by atoms with Gasteiger partial charge in [-0.2, -0.15) is 0 Å². The van der Waals surface area contributed by atoms with Gasteiger partial charge in [0.15, 0.2) is 0 Å². The number of hydrogen-bond acceptors (Lipinski definition) is 3. The van der Waals surface area contributed by atoms with E-state index in [2.05, 4.69) is 41.8 Å². The number of nitrogens with one attached hydrogen (secondary N) is 2. The lowest BCUT2D eigenvalue weighted by molar-refractivity contribution is -0.118. The third-order valence-electron chi connectivity index (χ3n) is 3.20. The average Bonchev–Trinajstić information content (AvgIpc) is 2.92. The van der Waals surface area contributed by atoms with Crippen LogP contribution < -0.4 is 10.6 Å². The van der Waals surface area contributed by atoms with Gasteiger partial charge < -0.3 is 15.1 Å². The minimum atomic E-state index is 0.0174. The summed E-state index contributed by atoms with van der Waals surface area (Å²) in [6.07, 6.45) is 0.908. The molecule has 0 unspecified atom stereocenters. The van der Waals surface area contributed by atoms with Crippen LogP contribution in [0.25, 0.3) is 11.3 Å². The Morgan fingerprint density at radius 1 is 1.10 bits per heavy atom. The number of furan rings is 1. The second kappa shape index (κ2) is 7.64. The standard InChI is InChI=1S/C17H22N2O2/c1-13-4-6-15(7-5-13)17-9-8-16(21-17)12-18-10-3-11-19-14(2)20/h4-9,18H,3,10-12H2,1-2H3,(H,19,20). The smallest absolute Gasteiger partial charge is 0.216 e. The van der Waals surface area contributed by atoms with E-state index in [1.54, 1.807) is 0 Å². The van der Waals surface area contributed by atoms with Gasteiger partial charge in [0.2, 0.25) is 5.91 Å². The molecule has 0 fully saturated rings. The molecule has 1 amide bonds. The lowest BCUT2D eigenvalue weighted by Gasteiger charge is -2.03. The van der Waals surface area contributed by atoms with Crippen molar-refractivity contribution < 1.29 is 9.21 Å². The Labute approximate surface area is 125 Å². The summed E-state index contributed by atoms with van der Waals surface area (Å²) >= 11 is 0. The molecule has 2 rings (SSSR count). The maximum absolute atomic E-state index is 10.7. The zero-order valence-corrected chi connectivity index (χ0v) is 12.6. The summed E-state index contributed by atoms with van der Waals surface area (Å²) in [5.74, 6) is 1.83. The molecule has 4 heteroatoms. The lowest BCUT2D eigenvalue weighted by Crippen LogP contribution is -2.24. The molecular formula is C17H22N2O2. The molecule has 0 saturated carbocycles. The molecule has 0 aliphatic heterocycles. The van der Waals surface area contributed by atoms with Gasteiger partial charge in [-0.3, -0.25) is 4.79 Å². The largest absolute Gasteiger partial charge is 0.460 e. The number of rotatable bonds is 7. The number of benzene rings is 1. The first-order valence-corrected chi connectivity index (χ1v) is 7.26. The van der Waals surface area contributed by atoms with Gasteiger partial charge in [-0.05, 0) is 32.0 Å². The number of carbonyl (C=O) groups excluding carboxylic acids is 1. The van der Waals surface area contributed by atoms with Crippen LogP contribution >= 0.6 is 0 Å². The molecule has 112 valence electrons. The van der Waals surface area contributed by atoms with Crippen molar-refractivity contribution in [3.05, 3.63) is 47.7 Å². The SMILES string of the molecule is CC(=O)NCCCNCc1ccc(-c2ccc(C)cc2)o1. The third-order valence-corrected chi connectivity index (χ3v) is 3.20. The van der Waals surface area contributed by atoms with Crippen LogP contribution in [-0.4, -0.2) is 19.0 Å². The van der Waals surface area contributed by atoms with E-state index < -0.39 is 0 Å². The van der Waals surface area contributed by atoms with Crippen LogP contribution in [-0.2, 0) is 11.3 Å². The highest BCUT2D eigenvalue weighted by Crippen LogP contribution is 2.22. The number of hydrogen-bond donors (Lipinski definition) is 2. The van der Waals surface area contributed by atoms with Crippen LogP contribution in [0.1, 0.15) is 24.7 Å². The summed E-state index contributed by atoms with van der Waals surface area (Å²) < 4.78 is 5.82. The van der Waals surface area contributed by atoms with Gasteiger partial charge in [-0.1, -0.05) is 29.8 Å². The quantitative estimate of drug-likeness (QED) is 0.770. The van der Waals surface area contributed by atoms with Gasteiger partial charge >= 0.3 is 0 Å². The molecule has 0 saturated heterocycles. The van der Waals surface area contributed by atoms with Crippen molar-refractivity contribution in [2.75, 3.05) is 13.1 Å². The molecule has 2 aromatic rings. The van der Waals surface area contributed by atoms with Crippen LogP contribution in [0.15, 0.2) is 40.8 Å².